The number of rotatable bonds is 6. The van der Waals surface area contributed by atoms with Gasteiger partial charge in [-0.2, -0.15) is 0 Å². The number of nitrogens with one attached hydrogen (secondary N) is 1. The van der Waals surface area contributed by atoms with E-state index in [-0.39, 0.29) is 10.8 Å². The van der Waals surface area contributed by atoms with Crippen LogP contribution < -0.4 is 5.32 Å². The maximum atomic E-state index is 12.9. The van der Waals surface area contributed by atoms with Gasteiger partial charge in [-0.1, -0.05) is 44.4 Å². The third-order valence-electron chi connectivity index (χ3n) is 2.90. The maximum Gasteiger partial charge on any atom is 0.141 e. The van der Waals surface area contributed by atoms with Crippen LogP contribution in [-0.2, 0) is 6.54 Å². The molecule has 1 aromatic rings. The van der Waals surface area contributed by atoms with Gasteiger partial charge in [0.1, 0.15) is 5.82 Å². The molecule has 0 saturated carbocycles. The van der Waals surface area contributed by atoms with E-state index in [1.807, 2.05) is 0 Å². The molecule has 1 nitrogen and oxygen atoms in total. The topological polar surface area (TPSA) is 12.0 Å². The lowest BCUT2D eigenvalue weighted by Crippen LogP contribution is -2.21. The molecule has 0 fully saturated rings. The first-order valence-corrected chi connectivity index (χ1v) is 6.19. The Kier molecular flexibility index (Phi) is 5.78. The van der Waals surface area contributed by atoms with Crippen molar-refractivity contribution in [1.82, 2.24) is 5.32 Å². The van der Waals surface area contributed by atoms with Crippen LogP contribution in [0, 0.1) is 11.7 Å². The van der Waals surface area contributed by atoms with Crippen LogP contribution in [0.2, 0.25) is 5.02 Å². The minimum Gasteiger partial charge on any atom is -0.312 e. The maximum absolute atomic E-state index is 12.9. The molecule has 0 atom stereocenters. The van der Waals surface area contributed by atoms with Crippen LogP contribution in [0.15, 0.2) is 18.2 Å². The summed E-state index contributed by atoms with van der Waals surface area (Å²) in [6.07, 6.45) is 2.38. The summed E-state index contributed by atoms with van der Waals surface area (Å²) in [5.41, 5.74) is 1.03. The standard InChI is InChI=1S/C13H19ClFN/c1-3-10(4-2)8-16-9-11-5-6-13(15)12(14)7-11/h5-7,10,16H,3-4,8-9H2,1-2H3. The average molecular weight is 244 g/mol. The molecule has 0 unspecified atom stereocenters. The van der Waals surface area contributed by atoms with Gasteiger partial charge in [0.25, 0.3) is 0 Å². The summed E-state index contributed by atoms with van der Waals surface area (Å²) in [5, 5.41) is 3.57. The van der Waals surface area contributed by atoms with Crippen molar-refractivity contribution in [3.63, 3.8) is 0 Å². The lowest BCUT2D eigenvalue weighted by Gasteiger charge is -2.13. The molecule has 1 aromatic carbocycles. The van der Waals surface area contributed by atoms with E-state index >= 15 is 0 Å². The van der Waals surface area contributed by atoms with E-state index in [1.54, 1.807) is 12.1 Å². The van der Waals surface area contributed by atoms with Crippen LogP contribution in [-0.4, -0.2) is 6.54 Å². The SMILES string of the molecule is CCC(CC)CNCc1ccc(F)c(Cl)c1. The normalized spacial score (nSPS) is 11.1. The Balaban J connectivity index is 2.40. The zero-order chi connectivity index (χ0) is 12.0. The quantitative estimate of drug-likeness (QED) is 0.796. The van der Waals surface area contributed by atoms with Gasteiger partial charge in [0.05, 0.1) is 5.02 Å². The van der Waals surface area contributed by atoms with Crippen LogP contribution >= 0.6 is 11.6 Å². The molecule has 0 saturated heterocycles. The van der Waals surface area contributed by atoms with Gasteiger partial charge in [-0.05, 0) is 30.2 Å². The predicted molar refractivity (Wildman–Crippen MR) is 67.2 cm³/mol. The molecule has 0 radical (unpaired) electrons. The van der Waals surface area contributed by atoms with Crippen molar-refractivity contribution in [3.05, 3.63) is 34.6 Å². The van der Waals surface area contributed by atoms with Crippen LogP contribution in [0.5, 0.6) is 0 Å². The second kappa shape index (κ2) is 6.87. The van der Waals surface area contributed by atoms with E-state index in [1.165, 1.54) is 18.9 Å². The largest absolute Gasteiger partial charge is 0.312 e. The van der Waals surface area contributed by atoms with E-state index in [0.717, 1.165) is 24.6 Å². The van der Waals surface area contributed by atoms with Gasteiger partial charge in [0.15, 0.2) is 0 Å². The van der Waals surface area contributed by atoms with Gasteiger partial charge >= 0.3 is 0 Å². The molecule has 1 N–H and O–H groups in total. The Morgan fingerprint density at radius 3 is 2.56 bits per heavy atom. The summed E-state index contributed by atoms with van der Waals surface area (Å²) in [4.78, 5) is 0. The molecule has 0 aromatic heterocycles. The van der Waals surface area contributed by atoms with Gasteiger partial charge in [-0.15, -0.1) is 0 Å². The number of benzene rings is 1. The molecule has 0 bridgehead atoms. The van der Waals surface area contributed by atoms with Crippen LogP contribution in [0.25, 0.3) is 0 Å². The second-order valence-electron chi connectivity index (χ2n) is 4.06. The molecule has 0 aliphatic heterocycles. The Bertz CT molecular complexity index is 324. The van der Waals surface area contributed by atoms with E-state index in [4.69, 9.17) is 11.6 Å². The number of hydrogen-bond acceptors (Lipinski definition) is 1. The van der Waals surface area contributed by atoms with E-state index in [2.05, 4.69) is 19.2 Å². The highest BCUT2D eigenvalue weighted by molar-refractivity contribution is 6.30. The highest BCUT2D eigenvalue weighted by Gasteiger charge is 2.03. The lowest BCUT2D eigenvalue weighted by atomic mass is 10.0. The Hall–Kier alpha value is -0.600. The van der Waals surface area contributed by atoms with Gasteiger partial charge in [0, 0.05) is 6.54 Å². The summed E-state index contributed by atoms with van der Waals surface area (Å²) in [6, 6.07) is 4.86. The first-order valence-electron chi connectivity index (χ1n) is 5.82. The van der Waals surface area contributed by atoms with Gasteiger partial charge in [-0.25, -0.2) is 4.39 Å². The minimum atomic E-state index is -0.356. The van der Waals surface area contributed by atoms with Crippen molar-refractivity contribution >= 4 is 11.6 Å². The van der Waals surface area contributed by atoms with Crippen molar-refractivity contribution in [2.75, 3.05) is 6.54 Å². The highest BCUT2D eigenvalue weighted by atomic mass is 35.5. The molecule has 16 heavy (non-hydrogen) atoms. The van der Waals surface area contributed by atoms with Crippen LogP contribution in [0.3, 0.4) is 0 Å². The first kappa shape index (κ1) is 13.5. The van der Waals surface area contributed by atoms with E-state index in [0.29, 0.717) is 0 Å². The van der Waals surface area contributed by atoms with Crippen molar-refractivity contribution < 1.29 is 4.39 Å². The van der Waals surface area contributed by atoms with E-state index < -0.39 is 0 Å². The molecule has 0 aliphatic rings. The van der Waals surface area contributed by atoms with Crippen LogP contribution in [0.1, 0.15) is 32.3 Å². The van der Waals surface area contributed by atoms with E-state index in [9.17, 15) is 4.39 Å². The third-order valence-corrected chi connectivity index (χ3v) is 3.19. The molecule has 0 spiro atoms. The fourth-order valence-corrected chi connectivity index (χ4v) is 1.85. The molecule has 0 aliphatic carbocycles. The number of halogens is 2. The molecule has 0 heterocycles. The fraction of sp³-hybridized carbons (Fsp3) is 0.538. The summed E-state index contributed by atoms with van der Waals surface area (Å²) < 4.78 is 12.9. The zero-order valence-electron chi connectivity index (χ0n) is 9.89. The minimum absolute atomic E-state index is 0.196. The summed E-state index contributed by atoms with van der Waals surface area (Å²) >= 11 is 5.71. The first-order chi connectivity index (χ1) is 7.67. The lowest BCUT2D eigenvalue weighted by molar-refractivity contribution is 0.449. The average Bonchev–Trinajstić information content (AvgIpc) is 2.29. The van der Waals surface area contributed by atoms with Crippen molar-refractivity contribution in [1.29, 1.82) is 0 Å². The molecule has 3 heteroatoms. The molecular formula is C13H19ClFN. The zero-order valence-corrected chi connectivity index (χ0v) is 10.6. The third kappa shape index (κ3) is 4.11. The predicted octanol–water partition coefficient (Wildman–Crippen LogP) is 4.00. The smallest absolute Gasteiger partial charge is 0.141 e. The Morgan fingerprint density at radius 1 is 1.31 bits per heavy atom. The van der Waals surface area contributed by atoms with Crippen molar-refractivity contribution in [3.8, 4) is 0 Å². The monoisotopic (exact) mass is 243 g/mol. The molecular weight excluding hydrogens is 225 g/mol. The summed E-state index contributed by atoms with van der Waals surface area (Å²) in [5.74, 6) is 0.362. The molecule has 1 rings (SSSR count). The molecule has 0 amide bonds. The second-order valence-corrected chi connectivity index (χ2v) is 4.47. The summed E-state index contributed by atoms with van der Waals surface area (Å²) in [6.45, 7) is 6.15. The van der Waals surface area contributed by atoms with Gasteiger partial charge in [0.2, 0.25) is 0 Å². The highest BCUT2D eigenvalue weighted by Crippen LogP contribution is 2.16. The Labute approximate surface area is 102 Å². The van der Waals surface area contributed by atoms with Gasteiger partial charge < -0.3 is 5.32 Å². The van der Waals surface area contributed by atoms with Crippen molar-refractivity contribution in [2.24, 2.45) is 5.92 Å². The fourth-order valence-electron chi connectivity index (χ4n) is 1.65. The van der Waals surface area contributed by atoms with Crippen molar-refractivity contribution in [2.45, 2.75) is 33.2 Å². The van der Waals surface area contributed by atoms with Gasteiger partial charge in [-0.3, -0.25) is 0 Å². The number of hydrogen-bond donors (Lipinski definition) is 1. The summed E-state index contributed by atoms with van der Waals surface area (Å²) in [7, 11) is 0. The Morgan fingerprint density at radius 2 is 2.00 bits per heavy atom. The van der Waals surface area contributed by atoms with Crippen LogP contribution in [0.4, 0.5) is 4.39 Å². The molecule has 90 valence electrons.